The number of fused-ring (bicyclic) bond motifs is 1. The van der Waals surface area contributed by atoms with E-state index < -0.39 is 0 Å². The van der Waals surface area contributed by atoms with E-state index in [0.717, 1.165) is 61.7 Å². The highest BCUT2D eigenvalue weighted by molar-refractivity contribution is 5.89. The van der Waals surface area contributed by atoms with Crippen LogP contribution in [0.2, 0.25) is 0 Å². The van der Waals surface area contributed by atoms with Crippen LogP contribution < -0.4 is 20.4 Å². The highest BCUT2D eigenvalue weighted by atomic mass is 16.5. The number of carbonyl (C=O) groups excluding carboxylic acids is 1. The van der Waals surface area contributed by atoms with Gasteiger partial charge in [-0.1, -0.05) is 0 Å². The minimum atomic E-state index is -0.157. The normalized spacial score (nSPS) is 17.8. The molecule has 2 fully saturated rings. The maximum Gasteiger partial charge on any atom is 0.319 e. The van der Waals surface area contributed by atoms with Gasteiger partial charge >= 0.3 is 6.03 Å². The maximum absolute atomic E-state index is 12.2. The first-order valence-electron chi connectivity index (χ1n) is 12.7. The summed E-state index contributed by atoms with van der Waals surface area (Å²) in [5, 5.41) is 5.92. The summed E-state index contributed by atoms with van der Waals surface area (Å²) < 4.78 is 5.59. The Morgan fingerprint density at radius 2 is 1.75 bits per heavy atom. The van der Waals surface area contributed by atoms with Crippen LogP contribution in [-0.2, 0) is 17.7 Å². The summed E-state index contributed by atoms with van der Waals surface area (Å²) >= 11 is 0. The van der Waals surface area contributed by atoms with Gasteiger partial charge in [0, 0.05) is 54.9 Å². The second-order valence-corrected chi connectivity index (χ2v) is 9.42. The average molecular weight is 487 g/mol. The number of carbonyl (C=O) groups is 1. The van der Waals surface area contributed by atoms with Crippen molar-refractivity contribution >= 4 is 23.5 Å². The predicted molar refractivity (Wildman–Crippen MR) is 137 cm³/mol. The van der Waals surface area contributed by atoms with Crippen LogP contribution in [0.3, 0.4) is 0 Å². The van der Waals surface area contributed by atoms with Crippen LogP contribution in [0.5, 0.6) is 0 Å². The summed E-state index contributed by atoms with van der Waals surface area (Å²) in [6.07, 6.45) is 7.67. The number of hydrogen-bond donors (Lipinski definition) is 2. The van der Waals surface area contributed by atoms with Crippen molar-refractivity contribution < 1.29 is 9.53 Å². The van der Waals surface area contributed by atoms with Crippen LogP contribution in [0.15, 0.2) is 42.7 Å². The smallest absolute Gasteiger partial charge is 0.319 e. The first-order valence-corrected chi connectivity index (χ1v) is 12.7. The molecule has 0 unspecified atom stereocenters. The van der Waals surface area contributed by atoms with Crippen LogP contribution in [0.1, 0.15) is 30.5 Å². The van der Waals surface area contributed by atoms with Gasteiger partial charge in [0.2, 0.25) is 5.95 Å². The fraction of sp³-hybridized carbons (Fsp3) is 0.423. The molecule has 1 aromatic carbocycles. The molecule has 1 aliphatic carbocycles. The molecule has 3 aromatic rings. The Morgan fingerprint density at radius 3 is 2.47 bits per heavy atom. The highest BCUT2D eigenvalue weighted by Gasteiger charge is 2.27. The van der Waals surface area contributed by atoms with Crippen LogP contribution >= 0.6 is 0 Å². The Hall–Kier alpha value is -3.79. The third kappa shape index (κ3) is 4.81. The number of ether oxygens (including phenoxy) is 1. The Bertz CT molecular complexity index is 1210. The lowest BCUT2D eigenvalue weighted by Gasteiger charge is -2.34. The lowest BCUT2D eigenvalue weighted by molar-refractivity contribution is 0.122. The Balaban J connectivity index is 1.27. The van der Waals surface area contributed by atoms with Gasteiger partial charge in [0.1, 0.15) is 5.82 Å². The molecule has 0 atom stereocenters. The topological polar surface area (TPSA) is 108 Å². The van der Waals surface area contributed by atoms with Crippen molar-refractivity contribution in [2.24, 2.45) is 0 Å². The lowest BCUT2D eigenvalue weighted by atomic mass is 9.93. The fourth-order valence-corrected chi connectivity index (χ4v) is 4.81. The molecule has 1 saturated heterocycles. The number of urea groups is 1. The van der Waals surface area contributed by atoms with E-state index in [0.29, 0.717) is 37.6 Å². The minimum absolute atomic E-state index is 0.157. The SMILES string of the molecule is O=C(Nc1ccc(-c2nc3c(c(N4CCOCC4)n2)CCN(c2ncccn2)C3)cc1)NC1CCC1. The van der Waals surface area contributed by atoms with Crippen molar-refractivity contribution in [3.63, 3.8) is 0 Å². The molecule has 186 valence electrons. The van der Waals surface area contributed by atoms with Crippen molar-refractivity contribution in [3.05, 3.63) is 54.0 Å². The Labute approximate surface area is 210 Å². The van der Waals surface area contributed by atoms with E-state index in [-0.39, 0.29) is 6.03 Å². The van der Waals surface area contributed by atoms with Gasteiger partial charge in [-0.25, -0.2) is 24.7 Å². The van der Waals surface area contributed by atoms with Gasteiger partial charge in [0.05, 0.1) is 25.5 Å². The number of amides is 2. The van der Waals surface area contributed by atoms with Crippen molar-refractivity contribution in [2.75, 3.05) is 48.0 Å². The number of rotatable bonds is 5. The third-order valence-corrected chi connectivity index (χ3v) is 7.03. The van der Waals surface area contributed by atoms with Crippen LogP contribution in [0, 0.1) is 0 Å². The quantitative estimate of drug-likeness (QED) is 0.567. The number of morpholine rings is 1. The molecule has 2 amide bonds. The molecule has 10 nitrogen and oxygen atoms in total. The number of hydrogen-bond acceptors (Lipinski definition) is 8. The highest BCUT2D eigenvalue weighted by Crippen LogP contribution is 2.31. The summed E-state index contributed by atoms with van der Waals surface area (Å²) in [6.45, 7) is 4.47. The predicted octanol–water partition coefficient (Wildman–Crippen LogP) is 3.01. The molecule has 4 heterocycles. The number of nitrogens with one attached hydrogen (secondary N) is 2. The molecular weight excluding hydrogens is 456 g/mol. The monoisotopic (exact) mass is 486 g/mol. The molecule has 0 spiro atoms. The molecule has 10 heteroatoms. The van der Waals surface area contributed by atoms with E-state index in [1.165, 1.54) is 12.0 Å². The van der Waals surface area contributed by atoms with Gasteiger partial charge in [-0.05, 0) is 56.0 Å². The van der Waals surface area contributed by atoms with Crippen molar-refractivity contribution in [2.45, 2.75) is 38.3 Å². The Kier molecular flexibility index (Phi) is 6.33. The molecule has 0 bridgehead atoms. The summed E-state index contributed by atoms with van der Waals surface area (Å²) in [6, 6.07) is 9.69. The first kappa shape index (κ1) is 22.7. The number of aromatic nitrogens is 4. The van der Waals surface area contributed by atoms with E-state index in [4.69, 9.17) is 14.7 Å². The average Bonchev–Trinajstić information content (AvgIpc) is 2.91. The van der Waals surface area contributed by atoms with Gasteiger partial charge in [0.25, 0.3) is 0 Å². The van der Waals surface area contributed by atoms with E-state index in [9.17, 15) is 4.79 Å². The molecule has 2 N–H and O–H groups in total. The summed E-state index contributed by atoms with van der Waals surface area (Å²) in [7, 11) is 0. The second kappa shape index (κ2) is 10.1. The van der Waals surface area contributed by atoms with E-state index in [2.05, 4.69) is 30.4 Å². The first-order chi connectivity index (χ1) is 17.7. The standard InChI is InChI=1S/C26H30N8O2/c35-26(29-19-3-1-4-19)30-20-7-5-18(6-8-20)23-31-22-17-34(25-27-10-2-11-28-25)12-9-21(22)24(32-23)33-13-15-36-16-14-33/h2,5-8,10-11,19H,1,3-4,9,12-17H2,(H2,29,30,35). The zero-order valence-corrected chi connectivity index (χ0v) is 20.2. The van der Waals surface area contributed by atoms with Crippen LogP contribution in [0.4, 0.5) is 22.2 Å². The molecule has 6 rings (SSSR count). The molecule has 2 aromatic heterocycles. The summed E-state index contributed by atoms with van der Waals surface area (Å²) in [4.78, 5) is 35.6. The van der Waals surface area contributed by atoms with E-state index in [1.807, 2.05) is 30.3 Å². The number of benzene rings is 1. The molecule has 3 aliphatic rings. The number of nitrogens with zero attached hydrogens (tertiary/aromatic N) is 6. The number of anilines is 3. The van der Waals surface area contributed by atoms with E-state index >= 15 is 0 Å². The van der Waals surface area contributed by atoms with Gasteiger partial charge < -0.3 is 25.2 Å². The van der Waals surface area contributed by atoms with Crippen molar-refractivity contribution in [1.29, 1.82) is 0 Å². The lowest BCUT2D eigenvalue weighted by Crippen LogP contribution is -2.41. The molecule has 36 heavy (non-hydrogen) atoms. The van der Waals surface area contributed by atoms with Gasteiger partial charge in [-0.15, -0.1) is 0 Å². The summed E-state index contributed by atoms with van der Waals surface area (Å²) in [5.41, 5.74) is 3.85. The summed E-state index contributed by atoms with van der Waals surface area (Å²) in [5.74, 6) is 2.39. The van der Waals surface area contributed by atoms with Crippen molar-refractivity contribution in [3.8, 4) is 11.4 Å². The largest absolute Gasteiger partial charge is 0.378 e. The zero-order valence-electron chi connectivity index (χ0n) is 20.2. The fourth-order valence-electron chi connectivity index (χ4n) is 4.81. The molecule has 1 saturated carbocycles. The molecular formula is C26H30N8O2. The second-order valence-electron chi connectivity index (χ2n) is 9.42. The minimum Gasteiger partial charge on any atom is -0.378 e. The van der Waals surface area contributed by atoms with Crippen LogP contribution in [-0.4, -0.2) is 64.9 Å². The third-order valence-electron chi connectivity index (χ3n) is 7.03. The van der Waals surface area contributed by atoms with Crippen LogP contribution in [0.25, 0.3) is 11.4 Å². The zero-order chi connectivity index (χ0) is 24.3. The van der Waals surface area contributed by atoms with Crippen molar-refractivity contribution in [1.82, 2.24) is 25.3 Å². The Morgan fingerprint density at radius 1 is 0.972 bits per heavy atom. The van der Waals surface area contributed by atoms with Gasteiger partial charge in [-0.3, -0.25) is 0 Å². The van der Waals surface area contributed by atoms with Gasteiger partial charge in [-0.2, -0.15) is 0 Å². The molecule has 0 radical (unpaired) electrons. The maximum atomic E-state index is 12.2. The molecule has 2 aliphatic heterocycles. The van der Waals surface area contributed by atoms with E-state index in [1.54, 1.807) is 12.4 Å². The van der Waals surface area contributed by atoms with Gasteiger partial charge in [0.15, 0.2) is 5.82 Å².